The van der Waals surface area contributed by atoms with Crippen molar-refractivity contribution in [3.8, 4) is 5.69 Å². The van der Waals surface area contributed by atoms with Gasteiger partial charge in [0.2, 0.25) is 12.2 Å². The van der Waals surface area contributed by atoms with Gasteiger partial charge in [0.1, 0.15) is 23.8 Å². The molecule has 4 aromatic rings. The third-order valence-corrected chi connectivity index (χ3v) is 7.65. The topological polar surface area (TPSA) is 165 Å². The molecule has 254 valence electrons. The first-order valence-corrected chi connectivity index (χ1v) is 15.8. The van der Waals surface area contributed by atoms with E-state index in [0.29, 0.717) is 17.3 Å². The number of benzene rings is 3. The second-order valence-corrected chi connectivity index (χ2v) is 11.8. The standard InChI is InChI=1S/C36H37FN6O6/c1-21-16-31(36(47)40-30-18-26(14-15-29(30)37)34(39-20-24-12-13-24)25-8-5-4-6-9-25)43(42-21)28-11-7-10-27(17-28)35(38)41-32(45)19-33(46)49-23(3)48-22(2)44/h4-11,14-18,23-24,34,39H,12-13,19-20H2,1-3H3,(H,40,47)(H2,38,41,45). The molecule has 1 aliphatic rings. The van der Waals surface area contributed by atoms with Crippen LogP contribution in [-0.2, 0) is 23.9 Å². The van der Waals surface area contributed by atoms with Crippen LogP contribution in [0.25, 0.3) is 5.69 Å². The first-order valence-electron chi connectivity index (χ1n) is 15.8. The third-order valence-electron chi connectivity index (χ3n) is 7.65. The van der Waals surface area contributed by atoms with Gasteiger partial charge in [0.15, 0.2) is 0 Å². The Hall–Kier alpha value is -5.69. The maximum absolute atomic E-state index is 15.1. The molecule has 3 aromatic carbocycles. The number of anilines is 1. The minimum atomic E-state index is -1.17. The van der Waals surface area contributed by atoms with Crippen LogP contribution in [0.4, 0.5) is 10.1 Å². The molecular weight excluding hydrogens is 631 g/mol. The molecule has 1 fully saturated rings. The normalized spacial score (nSPS) is 13.6. The van der Waals surface area contributed by atoms with Gasteiger partial charge in [-0.1, -0.05) is 48.5 Å². The number of aryl methyl sites for hydroxylation is 1. The van der Waals surface area contributed by atoms with Crippen molar-refractivity contribution < 1.29 is 33.0 Å². The minimum absolute atomic E-state index is 0.0149. The van der Waals surface area contributed by atoms with E-state index in [-0.39, 0.29) is 28.8 Å². The van der Waals surface area contributed by atoms with Crippen LogP contribution in [0.3, 0.4) is 0 Å². The van der Waals surface area contributed by atoms with E-state index in [1.807, 2.05) is 30.3 Å². The molecule has 13 heteroatoms. The molecule has 1 aliphatic carbocycles. The lowest BCUT2D eigenvalue weighted by atomic mass is 9.97. The Morgan fingerprint density at radius 1 is 0.980 bits per heavy atom. The van der Waals surface area contributed by atoms with Crippen molar-refractivity contribution in [2.24, 2.45) is 5.92 Å². The van der Waals surface area contributed by atoms with Crippen molar-refractivity contribution in [2.45, 2.75) is 52.4 Å². The quantitative estimate of drug-likeness (QED) is 0.0511. The number of rotatable bonds is 13. The van der Waals surface area contributed by atoms with E-state index in [4.69, 9.17) is 14.9 Å². The first kappa shape index (κ1) is 34.6. The van der Waals surface area contributed by atoms with Crippen LogP contribution in [0.5, 0.6) is 0 Å². The lowest BCUT2D eigenvalue weighted by Crippen LogP contribution is -2.33. The van der Waals surface area contributed by atoms with Crippen LogP contribution in [-0.4, -0.2) is 52.2 Å². The molecule has 2 unspecified atom stereocenters. The molecule has 0 aliphatic heterocycles. The lowest BCUT2D eigenvalue weighted by molar-refractivity contribution is -0.182. The van der Waals surface area contributed by atoms with Crippen molar-refractivity contribution in [1.82, 2.24) is 20.4 Å². The largest absolute Gasteiger partial charge is 0.426 e. The Balaban J connectivity index is 1.30. The fourth-order valence-corrected chi connectivity index (χ4v) is 5.21. The minimum Gasteiger partial charge on any atom is -0.426 e. The van der Waals surface area contributed by atoms with Gasteiger partial charge in [-0.15, -0.1) is 0 Å². The number of amidine groups is 1. The van der Waals surface area contributed by atoms with Crippen molar-refractivity contribution in [2.75, 3.05) is 11.9 Å². The lowest BCUT2D eigenvalue weighted by Gasteiger charge is -2.21. The molecule has 2 atom stereocenters. The maximum Gasteiger partial charge on any atom is 0.318 e. The van der Waals surface area contributed by atoms with Crippen LogP contribution in [0.2, 0.25) is 0 Å². The molecule has 1 saturated carbocycles. The third kappa shape index (κ3) is 9.45. The number of hydrogen-bond donors (Lipinski definition) is 4. The van der Waals surface area contributed by atoms with Gasteiger partial charge in [-0.25, -0.2) is 9.07 Å². The van der Waals surface area contributed by atoms with Gasteiger partial charge in [-0.05, 0) is 73.7 Å². The number of hydrogen-bond acceptors (Lipinski definition) is 9. The number of esters is 2. The van der Waals surface area contributed by atoms with Crippen molar-refractivity contribution in [1.29, 1.82) is 5.41 Å². The Labute approximate surface area is 282 Å². The van der Waals surface area contributed by atoms with Crippen LogP contribution in [0.15, 0.2) is 78.9 Å². The fraction of sp³-hybridized carbons (Fsp3) is 0.278. The molecule has 4 N–H and O–H groups in total. The molecule has 49 heavy (non-hydrogen) atoms. The highest BCUT2D eigenvalue weighted by Gasteiger charge is 2.25. The highest BCUT2D eigenvalue weighted by Crippen LogP contribution is 2.31. The molecule has 12 nitrogen and oxygen atoms in total. The molecule has 2 amide bonds. The van der Waals surface area contributed by atoms with E-state index in [1.54, 1.807) is 43.3 Å². The molecule has 0 spiro atoms. The highest BCUT2D eigenvalue weighted by molar-refractivity contribution is 6.10. The van der Waals surface area contributed by atoms with E-state index < -0.39 is 42.3 Å². The SMILES string of the molecule is CC(=O)OC(C)OC(=O)CC(=O)NC(=N)c1cccc(-n2nc(C)cc2C(=O)Nc2cc(C(NCC3CC3)c3ccccc3)ccc2F)c1. The number of halogens is 1. The van der Waals surface area contributed by atoms with Gasteiger partial charge < -0.3 is 25.4 Å². The molecule has 1 heterocycles. The summed E-state index contributed by atoms with van der Waals surface area (Å²) in [5.41, 5.74) is 3.13. The zero-order valence-electron chi connectivity index (χ0n) is 27.3. The summed E-state index contributed by atoms with van der Waals surface area (Å²) < 4.78 is 26.1. The average Bonchev–Trinajstić information content (AvgIpc) is 3.80. The predicted octanol–water partition coefficient (Wildman–Crippen LogP) is 4.95. The summed E-state index contributed by atoms with van der Waals surface area (Å²) in [7, 11) is 0. The summed E-state index contributed by atoms with van der Waals surface area (Å²) in [4.78, 5) is 49.0. The van der Waals surface area contributed by atoms with Crippen molar-refractivity contribution in [3.63, 3.8) is 0 Å². The highest BCUT2D eigenvalue weighted by atomic mass is 19.1. The van der Waals surface area contributed by atoms with E-state index >= 15 is 4.39 Å². The second kappa shape index (κ2) is 15.5. The van der Waals surface area contributed by atoms with Gasteiger partial charge >= 0.3 is 11.9 Å². The molecular formula is C36H37FN6O6. The Kier molecular flexibility index (Phi) is 10.9. The second-order valence-electron chi connectivity index (χ2n) is 11.8. The summed E-state index contributed by atoms with van der Waals surface area (Å²) in [5.74, 6) is -3.29. The zero-order valence-corrected chi connectivity index (χ0v) is 27.3. The molecule has 0 radical (unpaired) electrons. The van der Waals surface area contributed by atoms with Gasteiger partial charge in [-0.2, -0.15) is 5.10 Å². The van der Waals surface area contributed by atoms with Gasteiger partial charge in [-0.3, -0.25) is 24.6 Å². The summed E-state index contributed by atoms with van der Waals surface area (Å²) in [6.07, 6.45) is 0.484. The molecule has 0 bridgehead atoms. The van der Waals surface area contributed by atoms with Crippen molar-refractivity contribution in [3.05, 3.63) is 113 Å². The van der Waals surface area contributed by atoms with Gasteiger partial charge in [0.05, 0.1) is 23.1 Å². The summed E-state index contributed by atoms with van der Waals surface area (Å²) in [5, 5.41) is 21.5. The molecule has 1 aromatic heterocycles. The summed E-state index contributed by atoms with van der Waals surface area (Å²) in [6, 6.07) is 22.3. The molecule has 0 saturated heterocycles. The summed E-state index contributed by atoms with van der Waals surface area (Å²) in [6.45, 7) is 5.03. The van der Waals surface area contributed by atoms with Crippen LogP contribution in [0.1, 0.15) is 72.0 Å². The van der Waals surface area contributed by atoms with E-state index in [9.17, 15) is 19.2 Å². The van der Waals surface area contributed by atoms with Gasteiger partial charge in [0, 0.05) is 19.4 Å². The van der Waals surface area contributed by atoms with Crippen LogP contribution >= 0.6 is 0 Å². The number of carbonyl (C=O) groups excluding carboxylic acids is 4. The van der Waals surface area contributed by atoms with Crippen molar-refractivity contribution >= 4 is 35.3 Å². The monoisotopic (exact) mass is 668 g/mol. The van der Waals surface area contributed by atoms with E-state index in [1.165, 1.54) is 36.6 Å². The number of aromatic nitrogens is 2. The van der Waals surface area contributed by atoms with Crippen LogP contribution in [0, 0.1) is 24.1 Å². The smallest absolute Gasteiger partial charge is 0.318 e. The van der Waals surface area contributed by atoms with Gasteiger partial charge in [0.25, 0.3) is 5.91 Å². The first-order chi connectivity index (χ1) is 23.5. The predicted molar refractivity (Wildman–Crippen MR) is 179 cm³/mol. The summed E-state index contributed by atoms with van der Waals surface area (Å²) >= 11 is 0. The number of carbonyl (C=O) groups is 4. The number of nitrogens with one attached hydrogen (secondary N) is 4. The average molecular weight is 669 g/mol. The zero-order chi connectivity index (χ0) is 35.1. The Morgan fingerprint density at radius 3 is 2.45 bits per heavy atom. The fourth-order valence-electron chi connectivity index (χ4n) is 5.21. The maximum atomic E-state index is 15.1. The number of nitrogens with zero attached hydrogens (tertiary/aromatic N) is 2. The van der Waals surface area contributed by atoms with E-state index in [2.05, 4.69) is 21.0 Å². The Bertz CT molecular complexity index is 1870. The Morgan fingerprint density at radius 2 is 1.73 bits per heavy atom. The number of amides is 2. The van der Waals surface area contributed by atoms with Crippen LogP contribution < -0.4 is 16.0 Å². The number of ether oxygens (including phenoxy) is 2. The van der Waals surface area contributed by atoms with E-state index in [0.717, 1.165) is 24.6 Å². The molecule has 5 rings (SSSR count).